The number of anilines is 1. The quantitative estimate of drug-likeness (QED) is 0.792. The molecule has 0 aromatic heterocycles. The van der Waals surface area contributed by atoms with E-state index in [0.717, 1.165) is 22.7 Å². The second kappa shape index (κ2) is 7.97. The van der Waals surface area contributed by atoms with Crippen LogP contribution in [0.5, 0.6) is 17.2 Å². The number of methoxy groups -OCH3 is 2. The molecule has 0 heterocycles. The van der Waals surface area contributed by atoms with Gasteiger partial charge in [0.15, 0.2) is 11.5 Å². The van der Waals surface area contributed by atoms with E-state index in [2.05, 4.69) is 5.32 Å². The predicted octanol–water partition coefficient (Wildman–Crippen LogP) is 4.76. The van der Waals surface area contributed by atoms with Crippen molar-refractivity contribution in [2.24, 2.45) is 0 Å². The molecule has 5 heteroatoms. The Morgan fingerprint density at radius 3 is 2.26 bits per heavy atom. The molecule has 2 aromatic rings. The number of nitrogens with one attached hydrogen (secondary N) is 1. The lowest BCUT2D eigenvalue weighted by atomic mass is 10.2. The first-order chi connectivity index (χ1) is 11.0. The normalized spacial score (nSPS) is 10.5. The monoisotopic (exact) mass is 335 g/mol. The maximum Gasteiger partial charge on any atom is 0.161 e. The Morgan fingerprint density at radius 1 is 0.957 bits per heavy atom. The first-order valence-corrected chi connectivity index (χ1v) is 7.82. The highest BCUT2D eigenvalue weighted by Crippen LogP contribution is 2.30. The van der Waals surface area contributed by atoms with Crippen molar-refractivity contribution in [1.82, 2.24) is 0 Å². The van der Waals surface area contributed by atoms with Crippen LogP contribution in [0.3, 0.4) is 0 Å². The average Bonchev–Trinajstić information content (AvgIpc) is 2.53. The molecular formula is C18H22ClNO3. The van der Waals surface area contributed by atoms with Crippen LogP contribution in [0.25, 0.3) is 0 Å². The molecule has 4 nitrogen and oxygen atoms in total. The fourth-order valence-electron chi connectivity index (χ4n) is 2.15. The first-order valence-electron chi connectivity index (χ1n) is 7.44. The molecule has 0 radical (unpaired) electrons. The van der Waals surface area contributed by atoms with Gasteiger partial charge in [-0.05, 0) is 49.7 Å². The van der Waals surface area contributed by atoms with Crippen LogP contribution in [0.2, 0.25) is 5.02 Å². The molecule has 2 aromatic carbocycles. The van der Waals surface area contributed by atoms with Crippen LogP contribution in [0.15, 0.2) is 36.4 Å². The summed E-state index contributed by atoms with van der Waals surface area (Å²) in [5.41, 5.74) is 2.02. The van der Waals surface area contributed by atoms with Crippen LogP contribution >= 0.6 is 11.6 Å². The molecule has 0 atom stereocenters. The van der Waals surface area contributed by atoms with E-state index in [1.54, 1.807) is 14.2 Å². The third-order valence-electron chi connectivity index (χ3n) is 3.24. The van der Waals surface area contributed by atoms with Crippen molar-refractivity contribution in [3.05, 3.63) is 47.0 Å². The van der Waals surface area contributed by atoms with E-state index in [1.807, 2.05) is 50.2 Å². The molecule has 0 amide bonds. The van der Waals surface area contributed by atoms with Crippen molar-refractivity contribution in [1.29, 1.82) is 0 Å². The lowest BCUT2D eigenvalue weighted by molar-refractivity contribution is 0.230. The Bertz CT molecular complexity index is 659. The lowest BCUT2D eigenvalue weighted by Crippen LogP contribution is -2.07. The summed E-state index contributed by atoms with van der Waals surface area (Å²) in [5.74, 6) is 2.14. The first kappa shape index (κ1) is 17.3. The fraction of sp³-hybridized carbons (Fsp3) is 0.333. The van der Waals surface area contributed by atoms with Crippen LogP contribution in [0.4, 0.5) is 5.69 Å². The van der Waals surface area contributed by atoms with Gasteiger partial charge in [0.25, 0.3) is 0 Å². The number of ether oxygens (including phenoxy) is 3. The molecule has 23 heavy (non-hydrogen) atoms. The summed E-state index contributed by atoms with van der Waals surface area (Å²) in [6.45, 7) is 4.63. The van der Waals surface area contributed by atoms with Gasteiger partial charge in [-0.25, -0.2) is 0 Å². The van der Waals surface area contributed by atoms with E-state index in [1.165, 1.54) is 0 Å². The van der Waals surface area contributed by atoms with E-state index >= 15 is 0 Å². The van der Waals surface area contributed by atoms with Crippen molar-refractivity contribution in [2.75, 3.05) is 19.5 Å². The number of benzene rings is 2. The smallest absolute Gasteiger partial charge is 0.161 e. The molecule has 1 N–H and O–H groups in total. The zero-order valence-corrected chi connectivity index (χ0v) is 14.6. The minimum Gasteiger partial charge on any atom is -0.495 e. The van der Waals surface area contributed by atoms with Gasteiger partial charge in [-0.2, -0.15) is 0 Å². The molecule has 0 aliphatic heterocycles. The number of hydrogen-bond acceptors (Lipinski definition) is 4. The Morgan fingerprint density at radius 2 is 1.65 bits per heavy atom. The summed E-state index contributed by atoms with van der Waals surface area (Å²) >= 11 is 6.13. The molecule has 0 aliphatic carbocycles. The van der Waals surface area contributed by atoms with Gasteiger partial charge >= 0.3 is 0 Å². The molecule has 124 valence electrons. The van der Waals surface area contributed by atoms with Crippen LogP contribution in [-0.4, -0.2) is 20.3 Å². The second-order valence-corrected chi connectivity index (χ2v) is 5.76. The Hall–Kier alpha value is -2.07. The van der Waals surface area contributed by atoms with Crippen molar-refractivity contribution in [3.63, 3.8) is 0 Å². The number of hydrogen-bond donors (Lipinski definition) is 1. The molecule has 0 spiro atoms. The van der Waals surface area contributed by atoms with Gasteiger partial charge in [-0.15, -0.1) is 0 Å². The van der Waals surface area contributed by atoms with Crippen molar-refractivity contribution >= 4 is 17.3 Å². The van der Waals surface area contributed by atoms with Crippen LogP contribution < -0.4 is 19.5 Å². The van der Waals surface area contributed by atoms with E-state index in [9.17, 15) is 0 Å². The summed E-state index contributed by atoms with van der Waals surface area (Å²) in [7, 11) is 3.24. The van der Waals surface area contributed by atoms with E-state index in [-0.39, 0.29) is 6.10 Å². The van der Waals surface area contributed by atoms with E-state index in [0.29, 0.717) is 17.3 Å². The van der Waals surface area contributed by atoms with Crippen LogP contribution in [0.1, 0.15) is 19.4 Å². The molecule has 0 saturated carbocycles. The van der Waals surface area contributed by atoms with Crippen molar-refractivity contribution in [3.8, 4) is 17.2 Å². The Labute approximate surface area is 142 Å². The third-order valence-corrected chi connectivity index (χ3v) is 3.53. The highest BCUT2D eigenvalue weighted by molar-refractivity contribution is 6.32. The van der Waals surface area contributed by atoms with Gasteiger partial charge < -0.3 is 19.5 Å². The molecule has 2 rings (SSSR count). The maximum atomic E-state index is 6.13. The number of rotatable bonds is 7. The average molecular weight is 336 g/mol. The zero-order valence-electron chi connectivity index (χ0n) is 13.9. The summed E-state index contributed by atoms with van der Waals surface area (Å²) in [6, 6.07) is 11.5. The summed E-state index contributed by atoms with van der Waals surface area (Å²) in [5, 5.41) is 3.91. The SMILES string of the molecule is COc1ccc(NCc2ccc(OC(C)C)c(OC)c2)cc1Cl. The lowest BCUT2D eigenvalue weighted by Gasteiger charge is -2.15. The standard InChI is InChI=1S/C18H22ClNO3/c1-12(2)23-17-7-5-13(9-18(17)22-4)11-20-14-6-8-16(21-3)15(19)10-14/h5-10,12,20H,11H2,1-4H3. The fourth-order valence-corrected chi connectivity index (χ4v) is 2.41. The zero-order chi connectivity index (χ0) is 16.8. The minimum atomic E-state index is 0.106. The largest absolute Gasteiger partial charge is 0.495 e. The maximum absolute atomic E-state index is 6.13. The summed E-state index contributed by atoms with van der Waals surface area (Å²) in [4.78, 5) is 0. The molecule has 0 aliphatic rings. The molecule has 0 unspecified atom stereocenters. The van der Waals surface area contributed by atoms with Gasteiger partial charge in [0.2, 0.25) is 0 Å². The Balaban J connectivity index is 2.07. The second-order valence-electron chi connectivity index (χ2n) is 5.35. The van der Waals surface area contributed by atoms with Crippen LogP contribution in [-0.2, 0) is 6.54 Å². The minimum absolute atomic E-state index is 0.106. The van der Waals surface area contributed by atoms with Gasteiger partial charge in [0.1, 0.15) is 5.75 Å². The van der Waals surface area contributed by atoms with Gasteiger partial charge in [0.05, 0.1) is 25.3 Å². The van der Waals surface area contributed by atoms with Crippen LogP contribution in [0, 0.1) is 0 Å². The van der Waals surface area contributed by atoms with E-state index in [4.69, 9.17) is 25.8 Å². The summed E-state index contributed by atoms with van der Waals surface area (Å²) < 4.78 is 16.3. The van der Waals surface area contributed by atoms with Gasteiger partial charge in [0, 0.05) is 12.2 Å². The molecule has 0 fully saturated rings. The van der Waals surface area contributed by atoms with Gasteiger partial charge in [-0.3, -0.25) is 0 Å². The van der Waals surface area contributed by atoms with Gasteiger partial charge in [-0.1, -0.05) is 17.7 Å². The third kappa shape index (κ3) is 4.70. The number of halogens is 1. The van der Waals surface area contributed by atoms with Crippen molar-refractivity contribution < 1.29 is 14.2 Å². The highest BCUT2D eigenvalue weighted by Gasteiger charge is 2.08. The molecule has 0 bridgehead atoms. The molecular weight excluding hydrogens is 314 g/mol. The van der Waals surface area contributed by atoms with E-state index < -0.39 is 0 Å². The Kier molecular flexibility index (Phi) is 5.99. The summed E-state index contributed by atoms with van der Waals surface area (Å²) in [6.07, 6.45) is 0.106. The molecule has 0 saturated heterocycles. The van der Waals surface area contributed by atoms with Crippen molar-refractivity contribution in [2.45, 2.75) is 26.5 Å². The highest BCUT2D eigenvalue weighted by atomic mass is 35.5. The predicted molar refractivity (Wildman–Crippen MR) is 94.1 cm³/mol. The topological polar surface area (TPSA) is 39.7 Å².